The van der Waals surface area contributed by atoms with Gasteiger partial charge in [0.05, 0.1) is 39.4 Å². The van der Waals surface area contributed by atoms with E-state index in [9.17, 15) is 17.4 Å². The number of halogens is 3. The van der Waals surface area contributed by atoms with E-state index in [0.717, 1.165) is 12.1 Å². The van der Waals surface area contributed by atoms with Crippen LogP contribution in [0.1, 0.15) is 45.0 Å². The summed E-state index contributed by atoms with van der Waals surface area (Å²) in [6, 6.07) is 4.59. The van der Waals surface area contributed by atoms with Crippen LogP contribution >= 0.6 is 0 Å². The maximum Gasteiger partial charge on any atom is 0.416 e. The molecular weight excluding hydrogens is 339 g/mol. The Labute approximate surface area is 141 Å². The van der Waals surface area contributed by atoms with Gasteiger partial charge >= 0.3 is 6.18 Å². The van der Waals surface area contributed by atoms with Gasteiger partial charge in [0, 0.05) is 11.9 Å². The molecule has 0 amide bonds. The van der Waals surface area contributed by atoms with Gasteiger partial charge in [0.2, 0.25) is 0 Å². The van der Waals surface area contributed by atoms with Crippen molar-refractivity contribution in [3.8, 4) is 5.69 Å². The maximum absolute atomic E-state index is 12.6. The minimum atomic E-state index is -4.35. The molecule has 1 aromatic heterocycles. The fraction of sp³-hybridized carbons (Fsp3) is 0.438. The van der Waals surface area contributed by atoms with Crippen LogP contribution in [0.25, 0.3) is 5.69 Å². The van der Waals surface area contributed by atoms with Gasteiger partial charge in [-0.25, -0.2) is 13.9 Å². The first-order valence-corrected chi connectivity index (χ1v) is 8.53. The molecule has 2 rings (SSSR count). The van der Waals surface area contributed by atoms with Crippen molar-refractivity contribution in [1.82, 2.24) is 14.3 Å². The van der Waals surface area contributed by atoms with E-state index in [4.69, 9.17) is 0 Å². The highest BCUT2D eigenvalue weighted by Crippen LogP contribution is 2.29. The second-order valence-corrected chi connectivity index (χ2v) is 8.47. The van der Waals surface area contributed by atoms with Crippen LogP contribution in [0, 0.1) is 0 Å². The molecule has 132 valence electrons. The van der Waals surface area contributed by atoms with Crippen LogP contribution in [-0.2, 0) is 17.2 Å². The summed E-state index contributed by atoms with van der Waals surface area (Å²) in [5.74, 6) is 0. The Balaban J connectivity index is 2.14. The predicted octanol–water partition coefficient (Wildman–Crippen LogP) is 4.00. The molecule has 0 aliphatic heterocycles. The normalized spacial score (nSPS) is 15.3. The van der Waals surface area contributed by atoms with Crippen LogP contribution in [0.15, 0.2) is 36.8 Å². The molecule has 2 aromatic rings. The average molecular weight is 359 g/mol. The van der Waals surface area contributed by atoms with Crippen molar-refractivity contribution in [3.63, 3.8) is 0 Å². The van der Waals surface area contributed by atoms with Gasteiger partial charge in [-0.1, -0.05) is 0 Å². The Morgan fingerprint density at radius 3 is 2.25 bits per heavy atom. The Hall–Kier alpha value is -1.67. The van der Waals surface area contributed by atoms with E-state index in [0.29, 0.717) is 11.4 Å². The molecule has 0 radical (unpaired) electrons. The zero-order valence-corrected chi connectivity index (χ0v) is 14.7. The minimum absolute atomic E-state index is 0.249. The number of rotatable bonds is 4. The number of nitrogens with zero attached hydrogens (tertiary/aromatic N) is 2. The average Bonchev–Trinajstić information content (AvgIpc) is 2.95. The van der Waals surface area contributed by atoms with Crippen LogP contribution < -0.4 is 4.72 Å². The molecule has 0 aliphatic rings. The second-order valence-electron chi connectivity index (χ2n) is 6.47. The number of imidazole rings is 1. The monoisotopic (exact) mass is 359 g/mol. The van der Waals surface area contributed by atoms with Crippen LogP contribution in [-0.4, -0.2) is 18.5 Å². The van der Waals surface area contributed by atoms with Crippen LogP contribution in [0.2, 0.25) is 0 Å². The molecule has 0 spiro atoms. The van der Waals surface area contributed by atoms with Crippen molar-refractivity contribution in [2.24, 2.45) is 0 Å². The van der Waals surface area contributed by atoms with Gasteiger partial charge in [-0.2, -0.15) is 13.2 Å². The van der Waals surface area contributed by atoms with Gasteiger partial charge in [-0.3, -0.25) is 0 Å². The number of hydrogen-bond donors (Lipinski definition) is 1. The quantitative estimate of drug-likeness (QED) is 0.897. The second kappa shape index (κ2) is 6.68. The molecule has 0 aliphatic carbocycles. The third-order valence-electron chi connectivity index (χ3n) is 3.38. The molecule has 0 saturated carbocycles. The van der Waals surface area contributed by atoms with Crippen LogP contribution in [0.5, 0.6) is 0 Å². The van der Waals surface area contributed by atoms with E-state index >= 15 is 0 Å². The molecule has 1 heterocycles. The maximum atomic E-state index is 12.6. The molecule has 1 aromatic carbocycles. The lowest BCUT2D eigenvalue weighted by Gasteiger charge is -2.21. The summed E-state index contributed by atoms with van der Waals surface area (Å²) in [4.78, 5) is 4.24. The van der Waals surface area contributed by atoms with E-state index in [-0.39, 0.29) is 6.04 Å². The van der Waals surface area contributed by atoms with Gasteiger partial charge < -0.3 is 4.57 Å². The van der Waals surface area contributed by atoms with E-state index in [2.05, 4.69) is 9.71 Å². The van der Waals surface area contributed by atoms with Gasteiger partial charge in [0.25, 0.3) is 0 Å². The van der Waals surface area contributed by atoms with Gasteiger partial charge in [0.15, 0.2) is 0 Å². The Morgan fingerprint density at radius 1 is 1.17 bits per heavy atom. The van der Waals surface area contributed by atoms with E-state index in [1.165, 1.54) is 18.5 Å². The van der Waals surface area contributed by atoms with Gasteiger partial charge in [-0.05, 0) is 52.0 Å². The third kappa shape index (κ3) is 4.45. The molecule has 1 unspecified atom stereocenters. The minimum Gasteiger partial charge on any atom is -0.306 e. The summed E-state index contributed by atoms with van der Waals surface area (Å²) in [6.07, 6.45) is -1.12. The molecule has 0 bridgehead atoms. The Kier molecular flexibility index (Phi) is 5.19. The SMILES string of the molecule is C[C@H](NS(=O)C(C)(C)C)c1cn(-c2ccc(C(F)(F)F)cc2)cn1. The van der Waals surface area contributed by atoms with Crippen LogP contribution in [0.3, 0.4) is 0 Å². The highest BCUT2D eigenvalue weighted by atomic mass is 32.2. The molecule has 1 N–H and O–H groups in total. The van der Waals surface area contributed by atoms with Crippen molar-refractivity contribution < 1.29 is 17.4 Å². The predicted molar refractivity (Wildman–Crippen MR) is 88.0 cm³/mol. The Bertz CT molecular complexity index is 717. The summed E-state index contributed by atoms with van der Waals surface area (Å²) in [7, 11) is -1.24. The fourth-order valence-electron chi connectivity index (χ4n) is 1.92. The number of alkyl halides is 3. The van der Waals surface area contributed by atoms with Crippen molar-refractivity contribution in [2.75, 3.05) is 0 Å². The van der Waals surface area contributed by atoms with Crippen LogP contribution in [0.4, 0.5) is 13.2 Å². The Morgan fingerprint density at radius 2 is 1.75 bits per heavy atom. The number of benzene rings is 1. The first-order chi connectivity index (χ1) is 11.0. The summed E-state index contributed by atoms with van der Waals surface area (Å²) in [5, 5.41) is 0. The number of hydrogen-bond acceptors (Lipinski definition) is 2. The first-order valence-electron chi connectivity index (χ1n) is 7.38. The largest absolute Gasteiger partial charge is 0.416 e. The topological polar surface area (TPSA) is 46.9 Å². The van der Waals surface area contributed by atoms with Crippen molar-refractivity contribution in [3.05, 3.63) is 48.0 Å². The standard InChI is InChI=1S/C16H20F3N3OS/c1-11(21-24(23)15(2,3)4)14-9-22(10-20-14)13-7-5-12(6-8-13)16(17,18)19/h5-11,21H,1-4H3/t11-,24?/m0/s1. The lowest BCUT2D eigenvalue weighted by atomic mass is 10.2. The molecular formula is C16H20F3N3OS. The number of nitrogens with one attached hydrogen (secondary N) is 1. The molecule has 0 fully saturated rings. The van der Waals surface area contributed by atoms with E-state index in [1.54, 1.807) is 10.8 Å². The molecule has 24 heavy (non-hydrogen) atoms. The van der Waals surface area contributed by atoms with Crippen molar-refractivity contribution in [2.45, 2.75) is 44.7 Å². The molecule has 4 nitrogen and oxygen atoms in total. The fourth-order valence-corrected chi connectivity index (χ4v) is 2.72. The smallest absolute Gasteiger partial charge is 0.306 e. The van der Waals surface area contributed by atoms with Crippen molar-refractivity contribution >= 4 is 11.0 Å². The zero-order chi connectivity index (χ0) is 18.1. The first kappa shape index (κ1) is 18.7. The molecule has 2 atom stereocenters. The summed E-state index contributed by atoms with van der Waals surface area (Å²) >= 11 is 0. The highest BCUT2D eigenvalue weighted by molar-refractivity contribution is 7.84. The molecule has 8 heteroatoms. The number of aromatic nitrogens is 2. The van der Waals surface area contributed by atoms with Gasteiger partial charge in [-0.15, -0.1) is 0 Å². The van der Waals surface area contributed by atoms with E-state index in [1.807, 2.05) is 27.7 Å². The lowest BCUT2D eigenvalue weighted by Crippen LogP contribution is -2.34. The van der Waals surface area contributed by atoms with Gasteiger partial charge in [0.1, 0.15) is 0 Å². The zero-order valence-electron chi connectivity index (χ0n) is 13.9. The van der Waals surface area contributed by atoms with Crippen molar-refractivity contribution in [1.29, 1.82) is 0 Å². The summed E-state index contributed by atoms with van der Waals surface area (Å²) in [5.41, 5.74) is 0.542. The summed E-state index contributed by atoms with van der Waals surface area (Å²) in [6.45, 7) is 7.43. The highest BCUT2D eigenvalue weighted by Gasteiger charge is 2.30. The lowest BCUT2D eigenvalue weighted by molar-refractivity contribution is -0.137. The molecule has 0 saturated heterocycles. The summed E-state index contributed by atoms with van der Waals surface area (Å²) < 4.78 is 54.1. The third-order valence-corrected chi connectivity index (χ3v) is 5.06. The van der Waals surface area contributed by atoms with E-state index < -0.39 is 27.5 Å².